The summed E-state index contributed by atoms with van der Waals surface area (Å²) in [5, 5.41) is 0. The van der Waals surface area contributed by atoms with E-state index < -0.39 is 23.1 Å². The fourth-order valence-electron chi connectivity index (χ4n) is 2.69. The van der Waals surface area contributed by atoms with Gasteiger partial charge in [-0.2, -0.15) is 0 Å². The summed E-state index contributed by atoms with van der Waals surface area (Å²) < 4.78 is 27.1. The number of hydrogen-bond acceptors (Lipinski definition) is 1. The standard InChI is InChI=1S/C14H17F2NO/c1-9-6-10(2)8-17(7-9)14(18)13-11(15)4-3-5-12(13)16/h3-5,9-10H,6-8H2,1-2H3/t9-,10-/m1/s1. The van der Waals surface area contributed by atoms with Crippen LogP contribution in [0.4, 0.5) is 8.78 Å². The van der Waals surface area contributed by atoms with Gasteiger partial charge in [0.25, 0.3) is 5.91 Å². The summed E-state index contributed by atoms with van der Waals surface area (Å²) in [4.78, 5) is 13.7. The van der Waals surface area contributed by atoms with Crippen molar-refractivity contribution in [3.05, 3.63) is 35.4 Å². The molecule has 2 nitrogen and oxygen atoms in total. The minimum atomic E-state index is -0.786. The van der Waals surface area contributed by atoms with Gasteiger partial charge in [-0.3, -0.25) is 4.79 Å². The summed E-state index contributed by atoms with van der Waals surface area (Å²) in [6.07, 6.45) is 1.05. The predicted octanol–water partition coefficient (Wildman–Crippen LogP) is 3.08. The van der Waals surface area contributed by atoms with Gasteiger partial charge in [0.2, 0.25) is 0 Å². The van der Waals surface area contributed by atoms with E-state index in [0.717, 1.165) is 18.6 Å². The first-order valence-electron chi connectivity index (χ1n) is 6.22. The Labute approximate surface area is 106 Å². The molecule has 1 amide bonds. The molecule has 0 spiro atoms. The molecule has 1 aliphatic rings. The number of piperidine rings is 1. The molecular formula is C14H17F2NO. The van der Waals surface area contributed by atoms with E-state index in [9.17, 15) is 13.6 Å². The molecule has 98 valence electrons. The second kappa shape index (κ2) is 5.04. The number of carbonyl (C=O) groups excluding carboxylic acids is 1. The SMILES string of the molecule is C[C@@H]1C[C@@H](C)CN(C(=O)c2c(F)cccc2F)C1. The average Bonchev–Trinajstić information content (AvgIpc) is 2.27. The first-order valence-corrected chi connectivity index (χ1v) is 6.22. The van der Waals surface area contributed by atoms with Crippen LogP contribution in [0.1, 0.15) is 30.6 Å². The lowest BCUT2D eigenvalue weighted by molar-refractivity contribution is 0.0613. The van der Waals surface area contributed by atoms with E-state index in [1.807, 2.05) is 13.8 Å². The van der Waals surface area contributed by atoms with Crippen molar-refractivity contribution in [1.29, 1.82) is 0 Å². The van der Waals surface area contributed by atoms with Gasteiger partial charge in [0, 0.05) is 13.1 Å². The first-order chi connectivity index (χ1) is 8.49. The zero-order chi connectivity index (χ0) is 13.3. The molecule has 1 aromatic rings. The Morgan fingerprint density at radius 1 is 1.17 bits per heavy atom. The van der Waals surface area contributed by atoms with Crippen molar-refractivity contribution in [2.45, 2.75) is 20.3 Å². The Morgan fingerprint density at radius 2 is 1.67 bits per heavy atom. The molecule has 18 heavy (non-hydrogen) atoms. The number of halogens is 2. The molecule has 1 aromatic carbocycles. The van der Waals surface area contributed by atoms with Crippen molar-refractivity contribution in [3.63, 3.8) is 0 Å². The van der Waals surface area contributed by atoms with E-state index in [2.05, 4.69) is 0 Å². The summed E-state index contributed by atoms with van der Waals surface area (Å²) in [6, 6.07) is 3.50. The number of carbonyl (C=O) groups is 1. The Hall–Kier alpha value is -1.45. The third kappa shape index (κ3) is 2.52. The lowest BCUT2D eigenvalue weighted by atomic mass is 9.91. The van der Waals surface area contributed by atoms with Gasteiger partial charge < -0.3 is 4.90 Å². The molecular weight excluding hydrogens is 236 g/mol. The van der Waals surface area contributed by atoms with Crippen LogP contribution < -0.4 is 0 Å². The fourth-order valence-corrected chi connectivity index (χ4v) is 2.69. The Kier molecular flexibility index (Phi) is 3.64. The maximum atomic E-state index is 13.6. The van der Waals surface area contributed by atoms with E-state index in [-0.39, 0.29) is 0 Å². The van der Waals surface area contributed by atoms with Crippen LogP contribution in [0.3, 0.4) is 0 Å². The Morgan fingerprint density at radius 3 is 2.17 bits per heavy atom. The van der Waals surface area contributed by atoms with Gasteiger partial charge in [-0.25, -0.2) is 8.78 Å². The van der Waals surface area contributed by atoms with Crippen LogP contribution in [0.2, 0.25) is 0 Å². The van der Waals surface area contributed by atoms with E-state index in [1.54, 1.807) is 4.90 Å². The van der Waals surface area contributed by atoms with E-state index in [1.165, 1.54) is 6.07 Å². The molecule has 1 aliphatic heterocycles. The third-order valence-corrected chi connectivity index (χ3v) is 3.33. The van der Waals surface area contributed by atoms with Crippen molar-refractivity contribution in [1.82, 2.24) is 4.90 Å². The number of likely N-dealkylation sites (tertiary alicyclic amines) is 1. The van der Waals surface area contributed by atoms with Crippen molar-refractivity contribution in [3.8, 4) is 0 Å². The van der Waals surface area contributed by atoms with Gasteiger partial charge in [-0.1, -0.05) is 19.9 Å². The van der Waals surface area contributed by atoms with Crippen LogP contribution in [0, 0.1) is 23.5 Å². The highest BCUT2D eigenvalue weighted by Gasteiger charge is 2.29. The van der Waals surface area contributed by atoms with Crippen LogP contribution >= 0.6 is 0 Å². The minimum absolute atomic E-state index is 0.368. The lowest BCUT2D eigenvalue weighted by Gasteiger charge is -2.35. The Bertz CT molecular complexity index is 431. The zero-order valence-electron chi connectivity index (χ0n) is 10.6. The molecule has 1 saturated heterocycles. The number of nitrogens with zero attached hydrogens (tertiary/aromatic N) is 1. The van der Waals surface area contributed by atoms with Crippen LogP contribution in [0.25, 0.3) is 0 Å². The van der Waals surface area contributed by atoms with Crippen LogP contribution in [-0.4, -0.2) is 23.9 Å². The van der Waals surface area contributed by atoms with E-state index in [4.69, 9.17) is 0 Å². The molecule has 1 fully saturated rings. The van der Waals surface area contributed by atoms with E-state index >= 15 is 0 Å². The molecule has 2 atom stereocenters. The van der Waals surface area contributed by atoms with Crippen molar-refractivity contribution in [2.75, 3.05) is 13.1 Å². The number of hydrogen-bond donors (Lipinski definition) is 0. The second-order valence-electron chi connectivity index (χ2n) is 5.25. The van der Waals surface area contributed by atoms with Crippen molar-refractivity contribution < 1.29 is 13.6 Å². The minimum Gasteiger partial charge on any atom is -0.338 e. The summed E-state index contributed by atoms with van der Waals surface area (Å²) in [5.41, 5.74) is -0.432. The van der Waals surface area contributed by atoms with Gasteiger partial charge in [-0.15, -0.1) is 0 Å². The normalized spacial score (nSPS) is 24.1. The number of benzene rings is 1. The summed E-state index contributed by atoms with van der Waals surface area (Å²) in [5.74, 6) is -1.37. The topological polar surface area (TPSA) is 20.3 Å². The molecule has 1 heterocycles. The summed E-state index contributed by atoms with van der Waals surface area (Å²) >= 11 is 0. The molecule has 0 radical (unpaired) electrons. The molecule has 0 N–H and O–H groups in total. The highest BCUT2D eigenvalue weighted by molar-refractivity contribution is 5.94. The van der Waals surface area contributed by atoms with Crippen LogP contribution in [0.15, 0.2) is 18.2 Å². The summed E-state index contributed by atoms with van der Waals surface area (Å²) in [6.45, 7) is 5.23. The molecule has 2 rings (SSSR count). The van der Waals surface area contributed by atoms with Gasteiger partial charge in [0.05, 0.1) is 0 Å². The number of amides is 1. The molecule has 0 bridgehead atoms. The predicted molar refractivity (Wildman–Crippen MR) is 65.2 cm³/mol. The molecule has 0 aliphatic carbocycles. The van der Waals surface area contributed by atoms with Gasteiger partial charge >= 0.3 is 0 Å². The maximum absolute atomic E-state index is 13.6. The number of rotatable bonds is 1. The van der Waals surface area contributed by atoms with Crippen molar-refractivity contribution in [2.24, 2.45) is 11.8 Å². The highest BCUT2D eigenvalue weighted by atomic mass is 19.1. The van der Waals surface area contributed by atoms with Crippen molar-refractivity contribution >= 4 is 5.91 Å². The average molecular weight is 253 g/mol. The van der Waals surface area contributed by atoms with Crippen LogP contribution in [-0.2, 0) is 0 Å². The highest BCUT2D eigenvalue weighted by Crippen LogP contribution is 2.24. The van der Waals surface area contributed by atoms with Gasteiger partial charge in [0.15, 0.2) is 0 Å². The lowest BCUT2D eigenvalue weighted by Crippen LogP contribution is -2.43. The molecule has 0 saturated carbocycles. The first kappa shape index (κ1) is 13.0. The second-order valence-corrected chi connectivity index (χ2v) is 5.25. The van der Waals surface area contributed by atoms with Gasteiger partial charge in [-0.05, 0) is 30.4 Å². The molecule has 0 aromatic heterocycles. The van der Waals surface area contributed by atoms with Crippen LogP contribution in [0.5, 0.6) is 0 Å². The van der Waals surface area contributed by atoms with E-state index in [0.29, 0.717) is 24.9 Å². The quantitative estimate of drug-likeness (QED) is 0.753. The summed E-state index contributed by atoms with van der Waals surface area (Å²) in [7, 11) is 0. The third-order valence-electron chi connectivity index (χ3n) is 3.33. The fraction of sp³-hybridized carbons (Fsp3) is 0.500. The zero-order valence-corrected chi connectivity index (χ0v) is 10.6. The monoisotopic (exact) mass is 253 g/mol. The maximum Gasteiger partial charge on any atom is 0.259 e. The Balaban J connectivity index is 2.26. The smallest absolute Gasteiger partial charge is 0.259 e. The largest absolute Gasteiger partial charge is 0.338 e. The molecule has 4 heteroatoms. The van der Waals surface area contributed by atoms with Gasteiger partial charge in [0.1, 0.15) is 17.2 Å². The molecule has 0 unspecified atom stereocenters.